The first-order chi connectivity index (χ1) is 17.7. The first kappa shape index (κ1) is 28.5. The number of ether oxygens (including phenoxy) is 2. The van der Waals surface area contributed by atoms with Crippen molar-refractivity contribution in [3.8, 4) is 0 Å². The third-order valence-corrected chi connectivity index (χ3v) is 7.66. The zero-order valence-electron chi connectivity index (χ0n) is 21.4. The van der Waals surface area contributed by atoms with Crippen LogP contribution in [0.1, 0.15) is 30.5 Å². The summed E-state index contributed by atoms with van der Waals surface area (Å²) in [5.74, 6) is -1.49. The Morgan fingerprint density at radius 3 is 2.05 bits per heavy atom. The summed E-state index contributed by atoms with van der Waals surface area (Å²) in [5, 5.41) is 10.7. The predicted octanol–water partition coefficient (Wildman–Crippen LogP) is 4.03. The van der Waals surface area contributed by atoms with Crippen LogP contribution in [0.25, 0.3) is 0 Å². The molecule has 0 saturated carbocycles. The Kier molecular flexibility index (Phi) is 10.4. The summed E-state index contributed by atoms with van der Waals surface area (Å²) < 4.78 is 39.9. The SMILES string of the molecule is Cc1ccc(S(=O)(=O)N[C@H](COC(=O)[C@@H](C)[C@H](O)[C@H](C)OCc2ccccc2)Cc2ccccc2)cc1. The summed E-state index contributed by atoms with van der Waals surface area (Å²) in [4.78, 5) is 12.9. The van der Waals surface area contributed by atoms with Crippen LogP contribution in [0.2, 0.25) is 0 Å². The van der Waals surface area contributed by atoms with Gasteiger partial charge in [-0.05, 0) is 50.5 Å². The number of hydrogen-bond donors (Lipinski definition) is 2. The van der Waals surface area contributed by atoms with E-state index in [1.54, 1.807) is 38.1 Å². The molecule has 4 atom stereocenters. The van der Waals surface area contributed by atoms with Crippen molar-refractivity contribution in [1.29, 1.82) is 0 Å². The van der Waals surface area contributed by atoms with Gasteiger partial charge in [0.25, 0.3) is 0 Å². The Hall–Kier alpha value is -3.04. The van der Waals surface area contributed by atoms with E-state index in [4.69, 9.17) is 9.47 Å². The number of sulfonamides is 1. The zero-order chi connectivity index (χ0) is 26.8. The average molecular weight is 526 g/mol. The van der Waals surface area contributed by atoms with Gasteiger partial charge in [0.05, 0.1) is 35.7 Å². The van der Waals surface area contributed by atoms with Gasteiger partial charge in [0.2, 0.25) is 10.0 Å². The van der Waals surface area contributed by atoms with Crippen LogP contribution in [-0.2, 0) is 37.3 Å². The molecule has 0 spiro atoms. The zero-order valence-corrected chi connectivity index (χ0v) is 22.2. The molecule has 0 amide bonds. The van der Waals surface area contributed by atoms with Gasteiger partial charge in [-0.25, -0.2) is 13.1 Å². The van der Waals surface area contributed by atoms with Gasteiger partial charge >= 0.3 is 5.97 Å². The van der Waals surface area contributed by atoms with Crippen molar-refractivity contribution in [2.24, 2.45) is 5.92 Å². The third kappa shape index (κ3) is 8.79. The summed E-state index contributed by atoms with van der Waals surface area (Å²) >= 11 is 0. The highest BCUT2D eigenvalue weighted by molar-refractivity contribution is 7.89. The molecule has 0 aliphatic rings. The molecule has 0 aliphatic heterocycles. The highest BCUT2D eigenvalue weighted by atomic mass is 32.2. The molecule has 2 N–H and O–H groups in total. The van der Waals surface area contributed by atoms with Crippen LogP contribution in [0.15, 0.2) is 89.8 Å². The maximum absolute atomic E-state index is 13.0. The fourth-order valence-corrected chi connectivity index (χ4v) is 5.02. The molecule has 0 unspecified atom stereocenters. The van der Waals surface area contributed by atoms with E-state index in [0.29, 0.717) is 13.0 Å². The second kappa shape index (κ2) is 13.5. The number of benzene rings is 3. The highest BCUT2D eigenvalue weighted by Crippen LogP contribution is 2.16. The van der Waals surface area contributed by atoms with E-state index in [-0.39, 0.29) is 11.5 Å². The standard InChI is InChI=1S/C29H35NO6S/c1-21-14-16-27(17-15-21)37(33,34)30-26(18-24-10-6-4-7-11-24)20-36-29(32)22(2)28(31)23(3)35-19-25-12-8-5-9-13-25/h4-17,22-23,26,28,30-31H,18-20H2,1-3H3/t22-,23-,26-,28-/m0/s1. The Balaban J connectivity index is 1.62. The van der Waals surface area contributed by atoms with Crippen molar-refractivity contribution in [1.82, 2.24) is 4.72 Å². The minimum Gasteiger partial charge on any atom is -0.464 e. The normalized spacial score (nSPS) is 14.9. The van der Waals surface area contributed by atoms with Crippen LogP contribution in [0.4, 0.5) is 0 Å². The summed E-state index contributed by atoms with van der Waals surface area (Å²) in [6.07, 6.45) is -1.37. The smallest absolute Gasteiger partial charge is 0.311 e. The van der Waals surface area contributed by atoms with Crippen molar-refractivity contribution < 1.29 is 27.8 Å². The van der Waals surface area contributed by atoms with Crippen LogP contribution < -0.4 is 4.72 Å². The van der Waals surface area contributed by atoms with Crippen molar-refractivity contribution in [2.75, 3.05) is 6.61 Å². The number of carbonyl (C=O) groups excluding carboxylic acids is 1. The van der Waals surface area contributed by atoms with E-state index in [1.807, 2.05) is 67.6 Å². The summed E-state index contributed by atoms with van der Waals surface area (Å²) in [6.45, 7) is 5.27. The van der Waals surface area contributed by atoms with Gasteiger partial charge in [-0.15, -0.1) is 0 Å². The summed E-state index contributed by atoms with van der Waals surface area (Å²) in [5.41, 5.74) is 2.80. The van der Waals surface area contributed by atoms with E-state index in [0.717, 1.165) is 16.7 Å². The number of aryl methyl sites for hydroxylation is 1. The predicted molar refractivity (Wildman–Crippen MR) is 142 cm³/mol. The third-order valence-electron chi connectivity index (χ3n) is 6.13. The first-order valence-corrected chi connectivity index (χ1v) is 13.8. The van der Waals surface area contributed by atoms with Crippen LogP contribution >= 0.6 is 0 Å². The van der Waals surface area contributed by atoms with Gasteiger partial charge in [0, 0.05) is 0 Å². The Bertz CT molecular complexity index is 1220. The summed E-state index contributed by atoms with van der Waals surface area (Å²) in [7, 11) is -3.84. The van der Waals surface area contributed by atoms with E-state index >= 15 is 0 Å². The number of esters is 1. The lowest BCUT2D eigenvalue weighted by Crippen LogP contribution is -2.42. The lowest BCUT2D eigenvalue weighted by molar-refractivity contribution is -0.156. The number of nitrogens with one attached hydrogen (secondary N) is 1. The summed E-state index contributed by atoms with van der Waals surface area (Å²) in [6, 6.07) is 24.7. The number of rotatable bonds is 13. The lowest BCUT2D eigenvalue weighted by atomic mass is 10.0. The topological polar surface area (TPSA) is 102 Å². The molecule has 0 radical (unpaired) electrons. The van der Waals surface area contributed by atoms with Gasteiger partial charge in [0.15, 0.2) is 0 Å². The molecule has 8 heteroatoms. The molecule has 7 nitrogen and oxygen atoms in total. The molecule has 3 aromatic rings. The van der Waals surface area contributed by atoms with Crippen molar-refractivity contribution in [3.05, 3.63) is 102 Å². The molecular formula is C29H35NO6S. The minimum absolute atomic E-state index is 0.135. The molecule has 37 heavy (non-hydrogen) atoms. The van der Waals surface area contributed by atoms with Crippen LogP contribution in [0.3, 0.4) is 0 Å². The van der Waals surface area contributed by atoms with E-state index in [9.17, 15) is 18.3 Å². The molecule has 0 aromatic heterocycles. The maximum Gasteiger partial charge on any atom is 0.311 e. The van der Waals surface area contributed by atoms with Crippen molar-refractivity contribution in [2.45, 2.75) is 56.9 Å². The quantitative estimate of drug-likeness (QED) is 0.327. The maximum atomic E-state index is 13.0. The molecule has 3 aromatic carbocycles. The number of carbonyl (C=O) groups is 1. The van der Waals surface area contributed by atoms with E-state index in [2.05, 4.69) is 4.72 Å². The molecule has 0 aliphatic carbocycles. The number of hydrogen-bond acceptors (Lipinski definition) is 6. The fourth-order valence-electron chi connectivity index (χ4n) is 3.80. The van der Waals surface area contributed by atoms with Gasteiger partial charge in [-0.2, -0.15) is 0 Å². The average Bonchev–Trinajstić information content (AvgIpc) is 2.90. The molecule has 3 rings (SSSR count). The largest absolute Gasteiger partial charge is 0.464 e. The van der Waals surface area contributed by atoms with E-state index in [1.165, 1.54) is 0 Å². The van der Waals surface area contributed by atoms with E-state index < -0.39 is 40.2 Å². The molecule has 0 saturated heterocycles. The molecule has 0 fully saturated rings. The van der Waals surface area contributed by atoms with Gasteiger partial charge in [-0.3, -0.25) is 4.79 Å². The van der Waals surface area contributed by atoms with Crippen LogP contribution in [0.5, 0.6) is 0 Å². The first-order valence-electron chi connectivity index (χ1n) is 12.3. The molecule has 0 heterocycles. The Morgan fingerprint density at radius 1 is 0.892 bits per heavy atom. The molecule has 0 bridgehead atoms. The lowest BCUT2D eigenvalue weighted by Gasteiger charge is -2.25. The number of aliphatic hydroxyl groups is 1. The van der Waals surface area contributed by atoms with Gasteiger partial charge < -0.3 is 14.6 Å². The molecular weight excluding hydrogens is 490 g/mol. The second-order valence-corrected chi connectivity index (χ2v) is 10.9. The van der Waals surface area contributed by atoms with Gasteiger partial charge in [-0.1, -0.05) is 78.4 Å². The Morgan fingerprint density at radius 2 is 1.46 bits per heavy atom. The van der Waals surface area contributed by atoms with Crippen molar-refractivity contribution in [3.63, 3.8) is 0 Å². The van der Waals surface area contributed by atoms with Crippen LogP contribution in [0, 0.1) is 12.8 Å². The van der Waals surface area contributed by atoms with Crippen LogP contribution in [-0.4, -0.2) is 44.4 Å². The number of aliphatic hydroxyl groups excluding tert-OH is 1. The fraction of sp³-hybridized carbons (Fsp3) is 0.345. The van der Waals surface area contributed by atoms with Gasteiger partial charge in [0.1, 0.15) is 6.61 Å². The highest BCUT2D eigenvalue weighted by Gasteiger charge is 2.30. The second-order valence-electron chi connectivity index (χ2n) is 9.23. The minimum atomic E-state index is -3.84. The Labute approximate surface area is 219 Å². The monoisotopic (exact) mass is 525 g/mol. The molecule has 198 valence electrons. The van der Waals surface area contributed by atoms with Crippen molar-refractivity contribution >= 4 is 16.0 Å².